The van der Waals surface area contributed by atoms with Crippen LogP contribution in [0.1, 0.15) is 11.1 Å². The van der Waals surface area contributed by atoms with Crippen molar-refractivity contribution in [2.45, 2.75) is 13.2 Å². The zero-order chi connectivity index (χ0) is 21.2. The highest BCUT2D eigenvalue weighted by molar-refractivity contribution is 5.63. The van der Waals surface area contributed by atoms with Crippen molar-refractivity contribution >= 4 is 0 Å². The SMILES string of the molecule is CNCCN(C)Cc1c[nH]nc1-c1ccc(OCCOc2ccc(CO)cc2)cc1. The summed E-state index contributed by atoms with van der Waals surface area (Å²) in [5.74, 6) is 1.55. The van der Waals surface area contributed by atoms with Gasteiger partial charge in [0.2, 0.25) is 0 Å². The Balaban J connectivity index is 1.48. The molecule has 3 aromatic rings. The molecule has 0 radical (unpaired) electrons. The summed E-state index contributed by atoms with van der Waals surface area (Å²) in [5.41, 5.74) is 4.06. The van der Waals surface area contributed by atoms with E-state index < -0.39 is 0 Å². The molecule has 0 aliphatic rings. The molecule has 30 heavy (non-hydrogen) atoms. The molecule has 0 aliphatic heterocycles. The van der Waals surface area contributed by atoms with E-state index in [0.29, 0.717) is 13.2 Å². The van der Waals surface area contributed by atoms with Gasteiger partial charge in [-0.2, -0.15) is 5.10 Å². The third kappa shape index (κ3) is 6.32. The van der Waals surface area contributed by atoms with Crippen molar-refractivity contribution in [3.8, 4) is 22.8 Å². The van der Waals surface area contributed by atoms with E-state index in [4.69, 9.17) is 14.6 Å². The van der Waals surface area contributed by atoms with Crippen LogP contribution in [0.4, 0.5) is 0 Å². The number of ether oxygens (including phenoxy) is 2. The largest absolute Gasteiger partial charge is 0.490 e. The van der Waals surface area contributed by atoms with Crippen LogP contribution in [0.3, 0.4) is 0 Å². The van der Waals surface area contributed by atoms with Crippen LogP contribution in [0.25, 0.3) is 11.3 Å². The number of rotatable bonds is 12. The number of nitrogens with one attached hydrogen (secondary N) is 2. The second-order valence-corrected chi connectivity index (χ2v) is 7.12. The van der Waals surface area contributed by atoms with Gasteiger partial charge < -0.3 is 24.8 Å². The van der Waals surface area contributed by atoms with E-state index >= 15 is 0 Å². The summed E-state index contributed by atoms with van der Waals surface area (Å²) in [6.07, 6.45) is 1.96. The lowest BCUT2D eigenvalue weighted by atomic mass is 10.1. The van der Waals surface area contributed by atoms with Crippen LogP contribution < -0.4 is 14.8 Å². The lowest BCUT2D eigenvalue weighted by molar-refractivity contribution is 0.217. The molecule has 160 valence electrons. The Bertz CT molecular complexity index is 878. The fraction of sp³-hybridized carbons (Fsp3) is 0.348. The highest BCUT2D eigenvalue weighted by Gasteiger charge is 2.11. The molecule has 3 rings (SSSR count). The van der Waals surface area contributed by atoms with Crippen LogP contribution in [0, 0.1) is 0 Å². The van der Waals surface area contributed by atoms with Crippen molar-refractivity contribution in [1.29, 1.82) is 0 Å². The molecule has 0 aliphatic carbocycles. The van der Waals surface area contributed by atoms with Crippen LogP contribution in [0.5, 0.6) is 11.5 Å². The number of aromatic amines is 1. The molecule has 0 fully saturated rings. The van der Waals surface area contributed by atoms with E-state index in [1.54, 1.807) is 0 Å². The van der Waals surface area contributed by atoms with E-state index in [1.807, 2.05) is 61.8 Å². The quantitative estimate of drug-likeness (QED) is 0.398. The molecule has 0 saturated heterocycles. The standard InChI is InChI=1S/C23H30N4O3/c1-24-11-12-27(2)16-20-15-25-26-23(20)19-5-9-22(10-6-19)30-14-13-29-21-7-3-18(17-28)4-8-21/h3-10,15,24,28H,11-14,16-17H2,1-2H3,(H,25,26). The van der Waals surface area contributed by atoms with Crippen molar-refractivity contribution in [3.63, 3.8) is 0 Å². The average Bonchev–Trinajstić information content (AvgIpc) is 3.24. The van der Waals surface area contributed by atoms with Crippen molar-refractivity contribution in [3.05, 3.63) is 65.9 Å². The topological polar surface area (TPSA) is 82.6 Å². The van der Waals surface area contributed by atoms with Gasteiger partial charge in [-0.1, -0.05) is 12.1 Å². The Kier molecular flexibility index (Phi) is 8.26. The minimum atomic E-state index is 0.0339. The summed E-state index contributed by atoms with van der Waals surface area (Å²) in [7, 11) is 4.07. The van der Waals surface area contributed by atoms with Crippen LogP contribution >= 0.6 is 0 Å². The number of hydrogen-bond donors (Lipinski definition) is 3. The molecule has 7 heteroatoms. The summed E-state index contributed by atoms with van der Waals surface area (Å²) < 4.78 is 11.4. The van der Waals surface area contributed by atoms with Crippen LogP contribution in [0.2, 0.25) is 0 Å². The predicted molar refractivity (Wildman–Crippen MR) is 118 cm³/mol. The number of aliphatic hydroxyl groups is 1. The second kappa shape index (κ2) is 11.3. The molecule has 0 bridgehead atoms. The number of aliphatic hydroxyl groups excluding tert-OH is 1. The minimum absolute atomic E-state index is 0.0339. The lowest BCUT2D eigenvalue weighted by Crippen LogP contribution is -2.26. The Morgan fingerprint density at radius 2 is 1.63 bits per heavy atom. The predicted octanol–water partition coefficient (Wildman–Crippen LogP) is 2.68. The number of H-pyrrole nitrogens is 1. The smallest absolute Gasteiger partial charge is 0.122 e. The number of benzene rings is 2. The van der Waals surface area contributed by atoms with Crippen molar-refractivity contribution < 1.29 is 14.6 Å². The van der Waals surface area contributed by atoms with E-state index in [9.17, 15) is 0 Å². The van der Waals surface area contributed by atoms with Crippen LogP contribution in [0.15, 0.2) is 54.7 Å². The average molecular weight is 411 g/mol. The molecular formula is C23H30N4O3. The maximum Gasteiger partial charge on any atom is 0.122 e. The first kappa shape index (κ1) is 21.8. The first-order valence-electron chi connectivity index (χ1n) is 10.1. The Morgan fingerprint density at radius 3 is 2.23 bits per heavy atom. The second-order valence-electron chi connectivity index (χ2n) is 7.12. The van der Waals surface area contributed by atoms with E-state index in [2.05, 4.69) is 27.5 Å². The van der Waals surface area contributed by atoms with Crippen LogP contribution in [-0.4, -0.2) is 60.6 Å². The molecule has 0 unspecified atom stereocenters. The van der Waals surface area contributed by atoms with Gasteiger partial charge in [-0.05, 0) is 56.1 Å². The van der Waals surface area contributed by atoms with Crippen molar-refractivity contribution in [2.75, 3.05) is 40.4 Å². The summed E-state index contributed by atoms with van der Waals surface area (Å²) in [6, 6.07) is 15.3. The molecule has 2 aromatic carbocycles. The Hall–Kier alpha value is -2.87. The highest BCUT2D eigenvalue weighted by Crippen LogP contribution is 2.24. The Morgan fingerprint density at radius 1 is 1.00 bits per heavy atom. The van der Waals surface area contributed by atoms with Crippen molar-refractivity contribution in [1.82, 2.24) is 20.4 Å². The molecule has 0 saturated carbocycles. The number of hydrogen-bond acceptors (Lipinski definition) is 6. The number of likely N-dealkylation sites (N-methyl/N-ethyl adjacent to an activating group) is 2. The summed E-state index contributed by atoms with van der Waals surface area (Å²) in [6.45, 7) is 3.69. The lowest BCUT2D eigenvalue weighted by Gasteiger charge is -2.16. The molecule has 1 heterocycles. The van der Waals surface area contributed by atoms with E-state index in [1.165, 1.54) is 5.56 Å². The molecular weight excluding hydrogens is 380 g/mol. The van der Waals surface area contributed by atoms with Crippen molar-refractivity contribution in [2.24, 2.45) is 0 Å². The van der Waals surface area contributed by atoms with Gasteiger partial charge in [-0.15, -0.1) is 0 Å². The van der Waals surface area contributed by atoms with E-state index in [0.717, 1.165) is 48.0 Å². The molecule has 0 spiro atoms. The van der Waals surface area contributed by atoms with Gasteiger partial charge in [-0.25, -0.2) is 0 Å². The normalized spacial score (nSPS) is 11.1. The van der Waals surface area contributed by atoms with Gasteiger partial charge in [0.1, 0.15) is 24.7 Å². The van der Waals surface area contributed by atoms with Gasteiger partial charge >= 0.3 is 0 Å². The van der Waals surface area contributed by atoms with E-state index in [-0.39, 0.29) is 6.61 Å². The fourth-order valence-electron chi connectivity index (χ4n) is 3.08. The third-order valence-electron chi connectivity index (χ3n) is 4.76. The summed E-state index contributed by atoms with van der Waals surface area (Å²) in [4.78, 5) is 2.26. The van der Waals surface area contributed by atoms with Gasteiger partial charge in [0.15, 0.2) is 0 Å². The molecule has 7 nitrogen and oxygen atoms in total. The Labute approximate surface area is 177 Å². The first-order valence-corrected chi connectivity index (χ1v) is 10.1. The summed E-state index contributed by atoms with van der Waals surface area (Å²) >= 11 is 0. The van der Waals surface area contributed by atoms with Gasteiger partial charge in [0.05, 0.1) is 12.3 Å². The van der Waals surface area contributed by atoms with Gasteiger partial charge in [0, 0.05) is 37.0 Å². The zero-order valence-electron chi connectivity index (χ0n) is 17.6. The molecule has 3 N–H and O–H groups in total. The first-order chi connectivity index (χ1) is 14.7. The molecule has 0 amide bonds. The number of aromatic nitrogens is 2. The van der Waals surface area contributed by atoms with Gasteiger partial charge in [0.25, 0.3) is 0 Å². The fourth-order valence-corrected chi connectivity index (χ4v) is 3.08. The van der Waals surface area contributed by atoms with Gasteiger partial charge in [-0.3, -0.25) is 5.10 Å². The molecule has 0 atom stereocenters. The maximum atomic E-state index is 9.06. The monoisotopic (exact) mass is 410 g/mol. The zero-order valence-corrected chi connectivity index (χ0v) is 17.6. The maximum absolute atomic E-state index is 9.06. The van der Waals surface area contributed by atoms with Crippen LogP contribution in [-0.2, 0) is 13.2 Å². The summed E-state index contributed by atoms with van der Waals surface area (Å²) in [5, 5.41) is 19.6. The highest BCUT2D eigenvalue weighted by atomic mass is 16.5. The minimum Gasteiger partial charge on any atom is -0.490 e. The third-order valence-corrected chi connectivity index (χ3v) is 4.76. The molecule has 1 aromatic heterocycles. The number of nitrogens with zero attached hydrogens (tertiary/aromatic N) is 2.